The van der Waals surface area contributed by atoms with Gasteiger partial charge in [-0.15, -0.1) is 0 Å². The quantitative estimate of drug-likeness (QED) is 0.517. The van der Waals surface area contributed by atoms with Crippen molar-refractivity contribution in [3.63, 3.8) is 0 Å². The molecule has 0 aromatic heterocycles. The van der Waals surface area contributed by atoms with E-state index in [9.17, 15) is 9.90 Å². The number of ether oxygens (including phenoxy) is 1. The van der Waals surface area contributed by atoms with E-state index in [-0.39, 0.29) is 16.4 Å². The molecule has 0 aromatic rings. The summed E-state index contributed by atoms with van der Waals surface area (Å²) in [5.74, 6) is 1.45. The van der Waals surface area contributed by atoms with Crippen LogP contribution < -0.4 is 0 Å². The second kappa shape index (κ2) is 6.04. The summed E-state index contributed by atoms with van der Waals surface area (Å²) < 4.78 is 6.58. The van der Waals surface area contributed by atoms with E-state index in [2.05, 4.69) is 32.9 Å². The van der Waals surface area contributed by atoms with Crippen molar-refractivity contribution < 1.29 is 14.6 Å². The molecule has 0 bridgehead atoms. The molecule has 0 aromatic carbocycles. The molecular weight excluding hydrogens is 348 g/mol. The Morgan fingerprint density at radius 2 is 1.68 bits per heavy atom. The molecule has 0 aliphatic heterocycles. The van der Waals surface area contributed by atoms with Gasteiger partial charge in [-0.25, -0.2) is 0 Å². The summed E-state index contributed by atoms with van der Waals surface area (Å²) in [6, 6.07) is 0. The molecular formula is C25H36O3. The highest BCUT2D eigenvalue weighted by Gasteiger charge is 2.64. The molecule has 5 aliphatic carbocycles. The van der Waals surface area contributed by atoms with Gasteiger partial charge in [-0.1, -0.05) is 31.6 Å². The van der Waals surface area contributed by atoms with Crippen molar-refractivity contribution in [1.29, 1.82) is 0 Å². The number of carbonyl (C=O) groups is 1. The molecule has 5 rings (SSSR count). The Labute approximate surface area is 169 Å². The van der Waals surface area contributed by atoms with E-state index in [0.29, 0.717) is 30.5 Å². The fraction of sp³-hybridized carbons (Fsp3) is 0.800. The molecule has 1 N–H and O–H groups in total. The van der Waals surface area contributed by atoms with E-state index in [0.717, 1.165) is 31.6 Å². The van der Waals surface area contributed by atoms with Crippen LogP contribution in [-0.4, -0.2) is 22.3 Å². The zero-order chi connectivity index (χ0) is 19.8. The first-order valence-corrected chi connectivity index (χ1v) is 11.5. The predicted molar refractivity (Wildman–Crippen MR) is 110 cm³/mol. The van der Waals surface area contributed by atoms with Crippen molar-refractivity contribution in [2.24, 2.45) is 28.6 Å². The highest BCUT2D eigenvalue weighted by Crippen LogP contribution is 2.68. The van der Waals surface area contributed by atoms with Gasteiger partial charge in [0.05, 0.1) is 5.60 Å². The molecule has 0 radical (unpaired) electrons. The van der Waals surface area contributed by atoms with Crippen LogP contribution in [-0.2, 0) is 9.53 Å². The van der Waals surface area contributed by atoms with E-state index in [1.54, 1.807) is 0 Å². The monoisotopic (exact) mass is 384 g/mol. The van der Waals surface area contributed by atoms with Gasteiger partial charge >= 0.3 is 0 Å². The van der Waals surface area contributed by atoms with E-state index in [1.807, 2.05) is 6.08 Å². The summed E-state index contributed by atoms with van der Waals surface area (Å²) in [6.45, 7) is 7.17. The minimum atomic E-state index is -0.998. The van der Waals surface area contributed by atoms with Crippen LogP contribution >= 0.6 is 0 Å². The smallest absolute Gasteiger partial charge is 0.173 e. The third-order valence-electron chi connectivity index (χ3n) is 9.95. The van der Waals surface area contributed by atoms with Crippen molar-refractivity contribution in [1.82, 2.24) is 0 Å². The SMILES string of the molecule is C[C@]12CCC(=O)C=C1CC[C@@H]1[C@@H]2CC[C@@]2(C)[C@H]1CC[C@]2(C)OC1(O)CC=CC1. The first kappa shape index (κ1) is 19.1. The zero-order valence-electron chi connectivity index (χ0n) is 17.8. The number of fused-ring (bicyclic) bond motifs is 5. The number of carbonyl (C=O) groups excluding carboxylic acids is 1. The second-order valence-electron chi connectivity index (χ2n) is 11.1. The van der Waals surface area contributed by atoms with Crippen molar-refractivity contribution in [2.75, 3.05) is 0 Å². The Bertz CT molecular complexity index is 743. The lowest BCUT2D eigenvalue weighted by molar-refractivity contribution is -0.286. The Kier molecular flexibility index (Phi) is 4.11. The maximum atomic E-state index is 12.0. The van der Waals surface area contributed by atoms with Crippen molar-refractivity contribution >= 4 is 5.78 Å². The molecule has 3 nitrogen and oxygen atoms in total. The number of rotatable bonds is 2. The van der Waals surface area contributed by atoms with Crippen LogP contribution in [0.15, 0.2) is 23.8 Å². The Hall–Kier alpha value is -0.930. The van der Waals surface area contributed by atoms with Gasteiger partial charge in [-0.3, -0.25) is 4.79 Å². The summed E-state index contributed by atoms with van der Waals surface area (Å²) in [5, 5.41) is 11.0. The molecule has 5 aliphatic rings. The van der Waals surface area contributed by atoms with Gasteiger partial charge in [0, 0.05) is 19.3 Å². The molecule has 3 saturated carbocycles. The minimum Gasteiger partial charge on any atom is -0.365 e. The summed E-state index contributed by atoms with van der Waals surface area (Å²) in [5.41, 5.74) is 1.56. The molecule has 0 spiro atoms. The van der Waals surface area contributed by atoms with E-state index in [4.69, 9.17) is 4.74 Å². The van der Waals surface area contributed by atoms with Gasteiger partial charge in [0.2, 0.25) is 0 Å². The highest BCUT2D eigenvalue weighted by atomic mass is 16.6. The molecule has 0 unspecified atom stereocenters. The van der Waals surface area contributed by atoms with Crippen LogP contribution in [0.25, 0.3) is 0 Å². The number of ketones is 1. The molecule has 0 amide bonds. The zero-order valence-corrected chi connectivity index (χ0v) is 17.8. The molecule has 3 heteroatoms. The van der Waals surface area contributed by atoms with E-state index >= 15 is 0 Å². The van der Waals surface area contributed by atoms with Crippen molar-refractivity contribution in [3.8, 4) is 0 Å². The number of aliphatic hydroxyl groups is 1. The van der Waals surface area contributed by atoms with Gasteiger partial charge in [-0.05, 0) is 86.5 Å². The number of hydrogen-bond acceptors (Lipinski definition) is 3. The van der Waals surface area contributed by atoms with Crippen LogP contribution in [0, 0.1) is 28.6 Å². The number of allylic oxidation sites excluding steroid dienone is 1. The van der Waals surface area contributed by atoms with Crippen LogP contribution in [0.3, 0.4) is 0 Å². The lowest BCUT2D eigenvalue weighted by atomic mass is 9.46. The average Bonchev–Trinajstić information content (AvgIpc) is 3.17. The van der Waals surface area contributed by atoms with E-state index in [1.165, 1.54) is 31.3 Å². The maximum absolute atomic E-state index is 12.0. The Morgan fingerprint density at radius 3 is 2.43 bits per heavy atom. The Balaban J connectivity index is 1.43. The number of hydrogen-bond donors (Lipinski definition) is 1. The normalized spacial score (nSPS) is 49.4. The summed E-state index contributed by atoms with van der Waals surface area (Å²) in [7, 11) is 0. The second-order valence-corrected chi connectivity index (χ2v) is 11.1. The van der Waals surface area contributed by atoms with Crippen LogP contribution in [0.5, 0.6) is 0 Å². The van der Waals surface area contributed by atoms with Crippen LogP contribution in [0.1, 0.15) is 85.0 Å². The van der Waals surface area contributed by atoms with Crippen LogP contribution in [0.4, 0.5) is 0 Å². The highest BCUT2D eigenvalue weighted by molar-refractivity contribution is 5.91. The summed E-state index contributed by atoms with van der Waals surface area (Å²) >= 11 is 0. The summed E-state index contributed by atoms with van der Waals surface area (Å²) in [6.07, 6.45) is 16.1. The molecule has 28 heavy (non-hydrogen) atoms. The summed E-state index contributed by atoms with van der Waals surface area (Å²) in [4.78, 5) is 12.0. The van der Waals surface area contributed by atoms with Gasteiger partial charge in [0.1, 0.15) is 0 Å². The third-order valence-corrected chi connectivity index (χ3v) is 9.95. The minimum absolute atomic E-state index is 0.133. The van der Waals surface area contributed by atoms with Gasteiger partial charge in [0.15, 0.2) is 11.6 Å². The van der Waals surface area contributed by atoms with Gasteiger partial charge in [0.25, 0.3) is 0 Å². The fourth-order valence-corrected chi connectivity index (χ4v) is 8.07. The van der Waals surface area contributed by atoms with E-state index < -0.39 is 5.79 Å². The standard InChI is InChI=1S/C25H36O3/c1-22-13-8-18(26)16-17(22)6-7-19-20(22)9-14-23(2)21(19)10-15-24(23,3)28-25(27)11-4-5-12-25/h4-5,16,19-21,27H,6-15H2,1-3H3/t19-,20+,21+,22+,23+,24+/m1/s1. The largest absolute Gasteiger partial charge is 0.365 e. The van der Waals surface area contributed by atoms with Gasteiger partial charge < -0.3 is 9.84 Å². The molecule has 3 fully saturated rings. The lowest BCUT2D eigenvalue weighted by Crippen LogP contribution is -2.56. The fourth-order valence-electron chi connectivity index (χ4n) is 8.07. The third kappa shape index (κ3) is 2.51. The topological polar surface area (TPSA) is 46.5 Å². The first-order chi connectivity index (χ1) is 13.2. The Morgan fingerprint density at radius 1 is 0.964 bits per heavy atom. The van der Waals surface area contributed by atoms with Crippen molar-refractivity contribution in [3.05, 3.63) is 23.8 Å². The molecule has 6 atom stereocenters. The van der Waals surface area contributed by atoms with Crippen LogP contribution in [0.2, 0.25) is 0 Å². The van der Waals surface area contributed by atoms with Crippen molar-refractivity contribution in [2.45, 2.75) is 96.4 Å². The molecule has 0 saturated heterocycles. The maximum Gasteiger partial charge on any atom is 0.173 e. The lowest BCUT2D eigenvalue weighted by Gasteiger charge is -2.59. The first-order valence-electron chi connectivity index (χ1n) is 11.5. The predicted octanol–water partition coefficient (Wildman–Crippen LogP) is 5.33. The molecule has 0 heterocycles. The molecule has 154 valence electrons. The average molecular weight is 385 g/mol. The van der Waals surface area contributed by atoms with Gasteiger partial charge in [-0.2, -0.15) is 0 Å².